The van der Waals surface area contributed by atoms with Gasteiger partial charge in [-0.2, -0.15) is 17.0 Å². The van der Waals surface area contributed by atoms with Crippen LogP contribution in [0.15, 0.2) is 0 Å². The van der Waals surface area contributed by atoms with Crippen molar-refractivity contribution in [2.45, 2.75) is 59.4 Å². The lowest BCUT2D eigenvalue weighted by Gasteiger charge is -2.37. The summed E-state index contributed by atoms with van der Waals surface area (Å²) in [7, 11) is -3.64. The van der Waals surface area contributed by atoms with Crippen molar-refractivity contribution in [3.8, 4) is 0 Å². The van der Waals surface area contributed by atoms with Gasteiger partial charge in [-0.25, -0.2) is 0 Å². The van der Waals surface area contributed by atoms with Gasteiger partial charge in [-0.1, -0.05) is 13.8 Å². The number of nitrogens with zero attached hydrogens (tertiary/aromatic N) is 2. The molecule has 0 aromatic heterocycles. The molecule has 0 aromatic rings. The lowest BCUT2D eigenvalue weighted by Crippen LogP contribution is -2.53. The maximum absolute atomic E-state index is 12.7. The van der Waals surface area contributed by atoms with Crippen molar-refractivity contribution in [2.75, 3.05) is 19.6 Å². The van der Waals surface area contributed by atoms with E-state index in [0.29, 0.717) is 13.1 Å². The van der Waals surface area contributed by atoms with Crippen molar-refractivity contribution in [3.05, 3.63) is 0 Å². The fourth-order valence-electron chi connectivity index (χ4n) is 1.97. The van der Waals surface area contributed by atoms with Crippen molar-refractivity contribution >= 4 is 16.2 Å². The molecule has 20 heavy (non-hydrogen) atoms. The average Bonchev–Trinajstić information content (AvgIpc) is 2.26. The summed E-state index contributed by atoms with van der Waals surface area (Å²) in [6.45, 7) is 10.1. The van der Waals surface area contributed by atoms with Gasteiger partial charge in [0.05, 0.1) is 6.42 Å². The van der Waals surface area contributed by atoms with Gasteiger partial charge < -0.3 is 5.11 Å². The molecular weight excluding hydrogens is 280 g/mol. The summed E-state index contributed by atoms with van der Waals surface area (Å²) in [4.78, 5) is 10.7. The minimum Gasteiger partial charge on any atom is -0.481 e. The smallest absolute Gasteiger partial charge is 0.304 e. The molecule has 7 heteroatoms. The minimum atomic E-state index is -3.64. The highest BCUT2D eigenvalue weighted by atomic mass is 32.2. The molecule has 0 rings (SSSR count). The molecule has 0 aliphatic heterocycles. The van der Waals surface area contributed by atoms with Gasteiger partial charge in [-0.15, -0.1) is 0 Å². The van der Waals surface area contributed by atoms with E-state index < -0.39 is 21.7 Å². The first-order valence-corrected chi connectivity index (χ1v) is 8.46. The fraction of sp³-hybridized carbons (Fsp3) is 0.923. The van der Waals surface area contributed by atoms with Crippen LogP contribution in [0.25, 0.3) is 0 Å². The van der Waals surface area contributed by atoms with Crippen molar-refractivity contribution in [2.24, 2.45) is 0 Å². The topological polar surface area (TPSA) is 77.9 Å². The molecule has 0 atom stereocenters. The minimum absolute atomic E-state index is 0.00883. The lowest BCUT2D eigenvalue weighted by atomic mass is 10.1. The molecule has 0 unspecified atom stereocenters. The van der Waals surface area contributed by atoms with Crippen molar-refractivity contribution in [3.63, 3.8) is 0 Å². The van der Waals surface area contributed by atoms with Crippen LogP contribution in [0.2, 0.25) is 0 Å². The zero-order chi connectivity index (χ0) is 16.0. The Labute approximate surface area is 122 Å². The van der Waals surface area contributed by atoms with Crippen molar-refractivity contribution in [1.82, 2.24) is 8.61 Å². The van der Waals surface area contributed by atoms with Crippen LogP contribution < -0.4 is 0 Å². The number of carboxylic acid groups (broad SMARTS) is 1. The Morgan fingerprint density at radius 1 is 1.05 bits per heavy atom. The van der Waals surface area contributed by atoms with Gasteiger partial charge in [-0.3, -0.25) is 4.79 Å². The summed E-state index contributed by atoms with van der Waals surface area (Å²) in [6.07, 6.45) is 1.27. The van der Waals surface area contributed by atoms with Gasteiger partial charge >= 0.3 is 5.97 Å². The molecule has 0 bridgehead atoms. The Kier molecular flexibility index (Phi) is 7.69. The first kappa shape index (κ1) is 19.3. The lowest BCUT2D eigenvalue weighted by molar-refractivity contribution is -0.137. The van der Waals surface area contributed by atoms with E-state index in [0.717, 1.165) is 12.8 Å². The van der Waals surface area contributed by atoms with E-state index in [4.69, 9.17) is 5.11 Å². The molecular formula is C13H28N2O4S. The SMILES string of the molecule is CCCN(CCC)S(=O)(=O)N(CCC(=O)O)C(C)(C)C. The normalized spacial score (nSPS) is 13.2. The van der Waals surface area contributed by atoms with Crippen LogP contribution in [0.5, 0.6) is 0 Å². The van der Waals surface area contributed by atoms with Gasteiger partial charge in [0.1, 0.15) is 0 Å². The number of hydrogen-bond acceptors (Lipinski definition) is 3. The van der Waals surface area contributed by atoms with E-state index in [-0.39, 0.29) is 13.0 Å². The molecule has 0 saturated carbocycles. The predicted molar refractivity (Wildman–Crippen MR) is 79.8 cm³/mol. The van der Waals surface area contributed by atoms with E-state index in [9.17, 15) is 13.2 Å². The first-order valence-electron chi connectivity index (χ1n) is 7.07. The molecule has 0 spiro atoms. The first-order chi connectivity index (χ1) is 9.07. The Hall–Kier alpha value is -0.660. The molecule has 6 nitrogen and oxygen atoms in total. The molecule has 0 aliphatic rings. The summed E-state index contributed by atoms with van der Waals surface area (Å²) in [5.74, 6) is -0.994. The number of aliphatic carboxylic acids is 1. The summed E-state index contributed by atoms with van der Waals surface area (Å²) in [5.41, 5.74) is -0.645. The van der Waals surface area contributed by atoms with Crippen molar-refractivity contribution < 1.29 is 18.3 Å². The number of carbonyl (C=O) groups is 1. The predicted octanol–water partition coefficient (Wildman–Crippen LogP) is 1.93. The molecule has 120 valence electrons. The highest BCUT2D eigenvalue weighted by molar-refractivity contribution is 7.86. The highest BCUT2D eigenvalue weighted by Gasteiger charge is 2.36. The van der Waals surface area contributed by atoms with Crippen molar-refractivity contribution in [1.29, 1.82) is 0 Å². The zero-order valence-electron chi connectivity index (χ0n) is 13.2. The molecule has 1 N–H and O–H groups in total. The molecule has 0 aliphatic carbocycles. The average molecular weight is 308 g/mol. The Morgan fingerprint density at radius 3 is 1.80 bits per heavy atom. The van der Waals surface area contributed by atoms with Gasteiger partial charge in [0, 0.05) is 25.2 Å². The fourth-order valence-corrected chi connectivity index (χ4v) is 4.09. The van der Waals surface area contributed by atoms with Gasteiger partial charge in [0.25, 0.3) is 10.2 Å². The molecule has 0 fully saturated rings. The highest BCUT2D eigenvalue weighted by Crippen LogP contribution is 2.22. The quantitative estimate of drug-likeness (QED) is 0.706. The molecule has 0 saturated heterocycles. The van der Waals surface area contributed by atoms with Crippen LogP contribution in [-0.2, 0) is 15.0 Å². The second-order valence-electron chi connectivity index (χ2n) is 5.79. The number of rotatable bonds is 9. The van der Waals surface area contributed by atoms with E-state index in [1.165, 1.54) is 8.61 Å². The van der Waals surface area contributed by atoms with Gasteiger partial charge in [0.15, 0.2) is 0 Å². The van der Waals surface area contributed by atoms with Crippen LogP contribution in [0.3, 0.4) is 0 Å². The van der Waals surface area contributed by atoms with E-state index >= 15 is 0 Å². The van der Waals surface area contributed by atoms with Crippen LogP contribution in [0.1, 0.15) is 53.9 Å². The molecule has 0 radical (unpaired) electrons. The van der Waals surface area contributed by atoms with Crippen LogP contribution >= 0.6 is 0 Å². The maximum atomic E-state index is 12.7. The summed E-state index contributed by atoms with van der Waals surface area (Å²) < 4.78 is 28.2. The van der Waals surface area contributed by atoms with Crippen LogP contribution in [0, 0.1) is 0 Å². The Balaban J connectivity index is 5.33. The zero-order valence-corrected chi connectivity index (χ0v) is 14.0. The van der Waals surface area contributed by atoms with E-state index in [2.05, 4.69) is 0 Å². The number of carboxylic acids is 1. The monoisotopic (exact) mass is 308 g/mol. The molecule has 0 aromatic carbocycles. The second kappa shape index (κ2) is 7.95. The number of hydrogen-bond donors (Lipinski definition) is 1. The van der Waals surface area contributed by atoms with E-state index in [1.54, 1.807) is 20.8 Å². The largest absolute Gasteiger partial charge is 0.481 e. The third-order valence-corrected chi connectivity index (χ3v) is 5.13. The van der Waals surface area contributed by atoms with E-state index in [1.807, 2.05) is 13.8 Å². The maximum Gasteiger partial charge on any atom is 0.304 e. The standard InChI is InChI=1S/C13H28N2O4S/c1-6-9-14(10-7-2)20(18,19)15(13(3,4)5)11-8-12(16)17/h6-11H2,1-5H3,(H,16,17). The van der Waals surface area contributed by atoms with Gasteiger partial charge in [0.2, 0.25) is 0 Å². The summed E-state index contributed by atoms with van der Waals surface area (Å²) in [5, 5.41) is 8.80. The third-order valence-electron chi connectivity index (χ3n) is 2.83. The van der Waals surface area contributed by atoms with Crippen LogP contribution in [0.4, 0.5) is 0 Å². The Bertz CT molecular complexity index is 395. The summed E-state index contributed by atoms with van der Waals surface area (Å²) >= 11 is 0. The van der Waals surface area contributed by atoms with Gasteiger partial charge in [-0.05, 0) is 33.6 Å². The molecule has 0 heterocycles. The Morgan fingerprint density at radius 2 is 1.50 bits per heavy atom. The third kappa shape index (κ3) is 5.76. The summed E-state index contributed by atoms with van der Waals surface area (Å²) in [6, 6.07) is 0. The van der Waals surface area contributed by atoms with Crippen LogP contribution in [-0.4, -0.2) is 53.3 Å². The second-order valence-corrected chi connectivity index (χ2v) is 7.65. The molecule has 0 amide bonds.